The quantitative estimate of drug-likeness (QED) is 0.394. The molecule has 0 atom stereocenters. The maximum Gasteiger partial charge on any atom is 0.260 e. The molecule has 3 heterocycles. The average Bonchev–Trinajstić information content (AvgIpc) is 3.39. The minimum atomic E-state index is -3.56. The van der Waals surface area contributed by atoms with Crippen LogP contribution >= 0.6 is 11.3 Å². The van der Waals surface area contributed by atoms with Crippen LogP contribution in [0.25, 0.3) is 10.2 Å². The van der Waals surface area contributed by atoms with Crippen molar-refractivity contribution in [2.45, 2.75) is 30.6 Å². The number of carbonyl (C=O) groups excluding carboxylic acids is 1. The second-order valence-corrected chi connectivity index (χ2v) is 12.5. The van der Waals surface area contributed by atoms with Crippen molar-refractivity contribution in [1.82, 2.24) is 14.2 Å². The number of amides is 1. The maximum atomic E-state index is 13.8. The third kappa shape index (κ3) is 6.02. The number of nitrogens with zero attached hydrogens (tertiary/aromatic N) is 4. The van der Waals surface area contributed by atoms with Gasteiger partial charge >= 0.3 is 0 Å². The summed E-state index contributed by atoms with van der Waals surface area (Å²) in [5.74, 6) is 0.545. The Bertz CT molecular complexity index is 1350. The van der Waals surface area contributed by atoms with Gasteiger partial charge in [-0.2, -0.15) is 4.31 Å². The summed E-state index contributed by atoms with van der Waals surface area (Å²) in [7, 11) is -1.93. The van der Waals surface area contributed by atoms with E-state index in [9.17, 15) is 13.2 Å². The lowest BCUT2D eigenvalue weighted by Gasteiger charge is -2.28. The molecule has 2 aliphatic heterocycles. The highest BCUT2D eigenvalue weighted by Crippen LogP contribution is 2.32. The molecular weight excluding hydrogens is 524 g/mol. The molecule has 0 saturated carbocycles. The largest absolute Gasteiger partial charge is 0.497 e. The van der Waals surface area contributed by atoms with Crippen molar-refractivity contribution in [2.24, 2.45) is 0 Å². The average molecular weight is 559 g/mol. The molecule has 9 nitrogen and oxygen atoms in total. The fourth-order valence-corrected chi connectivity index (χ4v) is 7.41. The first-order valence-electron chi connectivity index (χ1n) is 13.1. The Balaban J connectivity index is 1.37. The van der Waals surface area contributed by atoms with Crippen molar-refractivity contribution in [3.05, 3.63) is 48.0 Å². The molecule has 0 unspecified atom stereocenters. The maximum absolute atomic E-state index is 13.8. The van der Waals surface area contributed by atoms with Gasteiger partial charge in [-0.15, -0.1) is 0 Å². The number of hydrogen-bond acceptors (Lipinski definition) is 8. The molecule has 5 rings (SSSR count). The molecule has 0 spiro atoms. The molecule has 0 aliphatic carbocycles. The Morgan fingerprint density at radius 3 is 2.50 bits per heavy atom. The highest BCUT2D eigenvalue weighted by atomic mass is 32.2. The summed E-state index contributed by atoms with van der Waals surface area (Å²) in [6, 6.07) is 12.0. The Labute approximate surface area is 228 Å². The number of benzene rings is 2. The summed E-state index contributed by atoms with van der Waals surface area (Å²) in [5.41, 5.74) is 1.24. The zero-order chi connectivity index (χ0) is 26.5. The third-order valence-electron chi connectivity index (χ3n) is 7.07. The van der Waals surface area contributed by atoms with Crippen LogP contribution in [0, 0.1) is 0 Å². The van der Waals surface area contributed by atoms with Gasteiger partial charge in [-0.05, 0) is 61.7 Å². The minimum absolute atomic E-state index is 0.195. The normalized spacial score (nSPS) is 17.5. The lowest BCUT2D eigenvalue weighted by molar-refractivity contribution is 0.0376. The fourth-order valence-electron chi connectivity index (χ4n) is 4.88. The molecule has 1 aromatic heterocycles. The number of aromatic nitrogens is 1. The molecule has 3 aromatic rings. The van der Waals surface area contributed by atoms with Gasteiger partial charge in [0.05, 0.1) is 35.4 Å². The highest BCUT2D eigenvalue weighted by Gasteiger charge is 2.27. The number of carbonyl (C=O) groups is 1. The van der Waals surface area contributed by atoms with Crippen molar-refractivity contribution in [1.29, 1.82) is 0 Å². The van der Waals surface area contributed by atoms with Gasteiger partial charge < -0.3 is 9.47 Å². The lowest BCUT2D eigenvalue weighted by Crippen LogP contribution is -2.39. The number of methoxy groups -OCH3 is 1. The summed E-state index contributed by atoms with van der Waals surface area (Å²) >= 11 is 1.45. The first kappa shape index (κ1) is 27.0. The van der Waals surface area contributed by atoms with Crippen LogP contribution in [0.4, 0.5) is 5.13 Å². The number of piperidine rings is 1. The van der Waals surface area contributed by atoms with E-state index in [-0.39, 0.29) is 10.8 Å². The van der Waals surface area contributed by atoms with Gasteiger partial charge in [-0.1, -0.05) is 17.8 Å². The van der Waals surface area contributed by atoms with Gasteiger partial charge in [0.1, 0.15) is 5.75 Å². The zero-order valence-corrected chi connectivity index (χ0v) is 23.3. The van der Waals surface area contributed by atoms with E-state index >= 15 is 0 Å². The van der Waals surface area contributed by atoms with Gasteiger partial charge in [0, 0.05) is 44.8 Å². The van der Waals surface area contributed by atoms with Gasteiger partial charge in [-0.25, -0.2) is 13.4 Å². The number of hydrogen-bond donors (Lipinski definition) is 0. The molecule has 2 fully saturated rings. The minimum Gasteiger partial charge on any atom is -0.497 e. The van der Waals surface area contributed by atoms with Gasteiger partial charge in [0.25, 0.3) is 5.91 Å². The summed E-state index contributed by atoms with van der Waals surface area (Å²) < 4.78 is 39.4. The second-order valence-electron chi connectivity index (χ2n) is 9.58. The molecule has 0 bridgehead atoms. The third-order valence-corrected chi connectivity index (χ3v) is 10.0. The van der Waals surface area contributed by atoms with Crippen LogP contribution in [0.5, 0.6) is 5.75 Å². The number of fused-ring (bicyclic) bond motifs is 1. The molecule has 0 radical (unpaired) electrons. The van der Waals surface area contributed by atoms with Crippen LogP contribution in [0.2, 0.25) is 0 Å². The smallest absolute Gasteiger partial charge is 0.260 e. The van der Waals surface area contributed by atoms with Crippen LogP contribution in [0.15, 0.2) is 47.4 Å². The Kier molecular flexibility index (Phi) is 8.59. The second kappa shape index (κ2) is 12.1. The predicted octanol–water partition coefficient (Wildman–Crippen LogP) is 3.85. The molecular formula is C27H34N4O5S2. The number of anilines is 1. The lowest BCUT2D eigenvalue weighted by atomic mass is 10.2. The molecule has 0 N–H and O–H groups in total. The highest BCUT2D eigenvalue weighted by molar-refractivity contribution is 7.89. The SMILES string of the molecule is COc1ccc2nc(N(CCCN3CCOCC3)C(=O)c3ccc(S(=O)(=O)N4CCCCC4)cc3)sc2c1. The van der Waals surface area contributed by atoms with E-state index in [4.69, 9.17) is 14.5 Å². The van der Waals surface area contributed by atoms with Crippen LogP contribution in [-0.2, 0) is 14.8 Å². The fraction of sp³-hybridized carbons (Fsp3) is 0.481. The summed E-state index contributed by atoms with van der Waals surface area (Å²) in [6.07, 6.45) is 3.60. The molecule has 204 valence electrons. The summed E-state index contributed by atoms with van der Waals surface area (Å²) in [5, 5.41) is 0.616. The Hall–Kier alpha value is -2.57. The predicted molar refractivity (Wildman–Crippen MR) is 149 cm³/mol. The molecule has 2 aromatic carbocycles. The first-order chi connectivity index (χ1) is 18.5. The van der Waals surface area contributed by atoms with Crippen molar-refractivity contribution in [2.75, 3.05) is 64.5 Å². The van der Waals surface area contributed by atoms with Crippen LogP contribution in [-0.4, -0.2) is 88.1 Å². The standard InChI is InChI=1S/C27H34N4O5S2/c1-35-22-8-11-24-25(20-22)37-27(28-24)31(15-5-12-29-16-18-36-19-17-29)26(32)21-6-9-23(10-7-21)38(33,34)30-13-3-2-4-14-30/h6-11,20H,2-5,12-19H2,1H3. The van der Waals surface area contributed by atoms with E-state index < -0.39 is 10.0 Å². The molecule has 38 heavy (non-hydrogen) atoms. The number of morpholine rings is 1. The van der Waals surface area contributed by atoms with E-state index in [1.807, 2.05) is 18.2 Å². The van der Waals surface area contributed by atoms with Crippen LogP contribution in [0.1, 0.15) is 36.0 Å². The van der Waals surface area contributed by atoms with E-state index in [0.29, 0.717) is 30.3 Å². The van der Waals surface area contributed by atoms with Gasteiger partial charge in [0.2, 0.25) is 10.0 Å². The zero-order valence-electron chi connectivity index (χ0n) is 21.7. The Morgan fingerprint density at radius 1 is 1.05 bits per heavy atom. The summed E-state index contributed by atoms with van der Waals surface area (Å²) in [6.45, 7) is 5.69. The topological polar surface area (TPSA) is 92.3 Å². The monoisotopic (exact) mass is 558 g/mol. The van der Waals surface area contributed by atoms with Crippen molar-refractivity contribution >= 4 is 42.6 Å². The first-order valence-corrected chi connectivity index (χ1v) is 15.4. The van der Waals surface area contributed by atoms with Gasteiger partial charge in [-0.3, -0.25) is 14.6 Å². The number of rotatable bonds is 9. The van der Waals surface area contributed by atoms with E-state index in [0.717, 1.165) is 74.5 Å². The van der Waals surface area contributed by atoms with Crippen molar-refractivity contribution < 1.29 is 22.7 Å². The van der Waals surface area contributed by atoms with E-state index in [1.165, 1.54) is 11.3 Å². The van der Waals surface area contributed by atoms with Gasteiger partial charge in [0.15, 0.2) is 5.13 Å². The van der Waals surface area contributed by atoms with Crippen molar-refractivity contribution in [3.63, 3.8) is 0 Å². The summed E-state index contributed by atoms with van der Waals surface area (Å²) in [4.78, 5) is 22.8. The molecule has 1 amide bonds. The number of sulfonamides is 1. The van der Waals surface area contributed by atoms with E-state index in [1.54, 1.807) is 40.6 Å². The van der Waals surface area contributed by atoms with Crippen LogP contribution in [0.3, 0.4) is 0 Å². The van der Waals surface area contributed by atoms with Crippen molar-refractivity contribution in [3.8, 4) is 5.75 Å². The number of ether oxygens (including phenoxy) is 2. The Morgan fingerprint density at radius 2 is 1.79 bits per heavy atom. The van der Waals surface area contributed by atoms with E-state index in [2.05, 4.69) is 4.90 Å². The molecule has 2 aliphatic rings. The molecule has 2 saturated heterocycles. The number of thiazole rings is 1. The van der Waals surface area contributed by atoms with Crippen LogP contribution < -0.4 is 9.64 Å². The molecule has 11 heteroatoms.